The smallest absolute Gasteiger partial charge is 0.0621 e. The monoisotopic (exact) mass is 180 g/mol. The van der Waals surface area contributed by atoms with E-state index in [1.54, 1.807) is 0 Å². The summed E-state index contributed by atoms with van der Waals surface area (Å²) >= 11 is 0. The molecule has 0 bridgehead atoms. The maximum Gasteiger partial charge on any atom is 0.0621 e. The molecule has 0 aromatic carbocycles. The fraction of sp³-hybridized carbons (Fsp3) is 0.909. The molecular formula is C11H20N2. The lowest BCUT2D eigenvalue weighted by molar-refractivity contribution is 0.286. The molecule has 74 valence electrons. The summed E-state index contributed by atoms with van der Waals surface area (Å²) in [5.41, 5.74) is 0.523. The van der Waals surface area contributed by atoms with Crippen molar-refractivity contribution in [3.05, 3.63) is 0 Å². The van der Waals surface area contributed by atoms with E-state index in [0.717, 1.165) is 12.8 Å². The normalized spacial score (nSPS) is 21.6. The molecule has 0 amide bonds. The first kappa shape index (κ1) is 10.5. The summed E-state index contributed by atoms with van der Waals surface area (Å²) in [7, 11) is 0. The standard InChI is InChI=1S/C11H20N2/c1-11(2)6-9-13(10-11)8-5-3-4-7-12/h3-6,8-10H2,1-2H3. The van der Waals surface area contributed by atoms with Gasteiger partial charge in [-0.1, -0.05) is 13.8 Å². The first-order chi connectivity index (χ1) is 6.14. The van der Waals surface area contributed by atoms with Gasteiger partial charge in [-0.25, -0.2) is 0 Å². The van der Waals surface area contributed by atoms with E-state index in [9.17, 15) is 0 Å². The van der Waals surface area contributed by atoms with E-state index in [1.807, 2.05) is 0 Å². The Balaban J connectivity index is 2.08. The van der Waals surface area contributed by atoms with Crippen molar-refractivity contribution in [2.45, 2.75) is 39.5 Å². The Bertz CT molecular complexity index is 191. The van der Waals surface area contributed by atoms with Crippen LogP contribution in [0.4, 0.5) is 0 Å². The Morgan fingerprint density at radius 1 is 1.38 bits per heavy atom. The maximum absolute atomic E-state index is 8.38. The van der Waals surface area contributed by atoms with Crippen molar-refractivity contribution in [3.63, 3.8) is 0 Å². The van der Waals surface area contributed by atoms with Crippen LogP contribution in [-0.4, -0.2) is 24.5 Å². The van der Waals surface area contributed by atoms with E-state index in [0.29, 0.717) is 5.41 Å². The molecule has 0 N–H and O–H groups in total. The molecule has 13 heavy (non-hydrogen) atoms. The number of likely N-dealkylation sites (tertiary alicyclic amines) is 1. The molecule has 0 spiro atoms. The Labute approximate surface area is 81.5 Å². The van der Waals surface area contributed by atoms with Crippen LogP contribution in [0, 0.1) is 16.7 Å². The second-order valence-electron chi connectivity index (χ2n) is 4.81. The quantitative estimate of drug-likeness (QED) is 0.621. The van der Waals surface area contributed by atoms with Gasteiger partial charge >= 0.3 is 0 Å². The predicted octanol–water partition coefficient (Wildman–Crippen LogP) is 2.41. The highest BCUT2D eigenvalue weighted by molar-refractivity contribution is 4.82. The van der Waals surface area contributed by atoms with Gasteiger partial charge in [-0.15, -0.1) is 0 Å². The summed E-state index contributed by atoms with van der Waals surface area (Å²) in [6.07, 6.45) is 4.29. The van der Waals surface area contributed by atoms with Gasteiger partial charge in [-0.3, -0.25) is 0 Å². The Morgan fingerprint density at radius 2 is 2.15 bits per heavy atom. The molecule has 2 heteroatoms. The van der Waals surface area contributed by atoms with Gasteiger partial charge in [0.1, 0.15) is 0 Å². The van der Waals surface area contributed by atoms with Crippen LogP contribution in [0.3, 0.4) is 0 Å². The van der Waals surface area contributed by atoms with Crippen molar-refractivity contribution in [2.24, 2.45) is 5.41 Å². The van der Waals surface area contributed by atoms with Crippen LogP contribution in [0.15, 0.2) is 0 Å². The molecule has 1 fully saturated rings. The minimum Gasteiger partial charge on any atom is -0.303 e. The third-order valence-electron chi connectivity index (χ3n) is 2.77. The molecule has 0 aliphatic carbocycles. The van der Waals surface area contributed by atoms with Crippen LogP contribution < -0.4 is 0 Å². The van der Waals surface area contributed by atoms with Gasteiger partial charge in [0, 0.05) is 13.0 Å². The number of unbranched alkanes of at least 4 members (excludes halogenated alkanes) is 2. The van der Waals surface area contributed by atoms with E-state index in [4.69, 9.17) is 5.26 Å². The van der Waals surface area contributed by atoms with Gasteiger partial charge in [-0.05, 0) is 37.8 Å². The summed E-state index contributed by atoms with van der Waals surface area (Å²) in [6, 6.07) is 2.19. The van der Waals surface area contributed by atoms with Crippen LogP contribution in [0.25, 0.3) is 0 Å². The van der Waals surface area contributed by atoms with Gasteiger partial charge in [-0.2, -0.15) is 5.26 Å². The molecule has 0 aromatic rings. The highest BCUT2D eigenvalue weighted by atomic mass is 15.1. The van der Waals surface area contributed by atoms with E-state index in [1.165, 1.54) is 32.5 Å². The summed E-state index contributed by atoms with van der Waals surface area (Å²) in [6.45, 7) is 8.34. The summed E-state index contributed by atoms with van der Waals surface area (Å²) in [5.74, 6) is 0. The van der Waals surface area contributed by atoms with E-state index in [2.05, 4.69) is 24.8 Å². The van der Waals surface area contributed by atoms with E-state index >= 15 is 0 Å². The zero-order valence-corrected chi connectivity index (χ0v) is 8.84. The van der Waals surface area contributed by atoms with Gasteiger partial charge in [0.25, 0.3) is 0 Å². The van der Waals surface area contributed by atoms with Crippen LogP contribution in [0.2, 0.25) is 0 Å². The molecule has 0 radical (unpaired) electrons. The highest BCUT2D eigenvalue weighted by Crippen LogP contribution is 2.28. The number of rotatable bonds is 4. The molecule has 1 saturated heterocycles. The lowest BCUT2D eigenvalue weighted by Crippen LogP contribution is -2.24. The second-order valence-corrected chi connectivity index (χ2v) is 4.81. The number of nitrogens with zero attached hydrogens (tertiary/aromatic N) is 2. The largest absolute Gasteiger partial charge is 0.303 e. The molecular weight excluding hydrogens is 160 g/mol. The van der Waals surface area contributed by atoms with Crippen LogP contribution in [0.1, 0.15) is 39.5 Å². The van der Waals surface area contributed by atoms with Crippen molar-refractivity contribution in [1.29, 1.82) is 5.26 Å². The van der Waals surface area contributed by atoms with Crippen molar-refractivity contribution >= 4 is 0 Å². The van der Waals surface area contributed by atoms with Gasteiger partial charge in [0.15, 0.2) is 0 Å². The van der Waals surface area contributed by atoms with Gasteiger partial charge < -0.3 is 4.90 Å². The lowest BCUT2D eigenvalue weighted by atomic mass is 9.93. The number of nitriles is 1. The first-order valence-corrected chi connectivity index (χ1v) is 5.23. The topological polar surface area (TPSA) is 27.0 Å². The Hall–Kier alpha value is -0.550. The van der Waals surface area contributed by atoms with Crippen LogP contribution >= 0.6 is 0 Å². The van der Waals surface area contributed by atoms with Crippen molar-refractivity contribution in [2.75, 3.05) is 19.6 Å². The maximum atomic E-state index is 8.38. The molecule has 1 aliphatic rings. The molecule has 1 aliphatic heterocycles. The minimum absolute atomic E-state index is 0.523. The summed E-state index contributed by atoms with van der Waals surface area (Å²) in [4.78, 5) is 2.53. The SMILES string of the molecule is CC1(C)CCN(CCCCC#N)C1. The fourth-order valence-electron chi connectivity index (χ4n) is 1.95. The zero-order valence-electron chi connectivity index (χ0n) is 8.84. The van der Waals surface area contributed by atoms with Crippen molar-refractivity contribution in [1.82, 2.24) is 4.90 Å². The molecule has 0 atom stereocenters. The highest BCUT2D eigenvalue weighted by Gasteiger charge is 2.28. The number of hydrogen-bond donors (Lipinski definition) is 0. The summed E-state index contributed by atoms with van der Waals surface area (Å²) < 4.78 is 0. The van der Waals surface area contributed by atoms with Crippen LogP contribution in [0.5, 0.6) is 0 Å². The molecule has 2 nitrogen and oxygen atoms in total. The average Bonchev–Trinajstić information content (AvgIpc) is 2.40. The molecule has 0 unspecified atom stereocenters. The third-order valence-corrected chi connectivity index (χ3v) is 2.77. The predicted molar refractivity (Wildman–Crippen MR) is 54.3 cm³/mol. The number of hydrogen-bond acceptors (Lipinski definition) is 2. The zero-order chi connectivity index (χ0) is 9.73. The van der Waals surface area contributed by atoms with Crippen molar-refractivity contribution < 1.29 is 0 Å². The van der Waals surface area contributed by atoms with Crippen molar-refractivity contribution in [3.8, 4) is 6.07 Å². The lowest BCUT2D eigenvalue weighted by Gasteiger charge is -2.19. The van der Waals surface area contributed by atoms with Crippen LogP contribution in [-0.2, 0) is 0 Å². The first-order valence-electron chi connectivity index (χ1n) is 5.23. The molecule has 1 rings (SSSR count). The summed E-state index contributed by atoms with van der Waals surface area (Å²) in [5, 5.41) is 8.38. The molecule has 0 aromatic heterocycles. The van der Waals surface area contributed by atoms with Gasteiger partial charge in [0.05, 0.1) is 6.07 Å². The second kappa shape index (κ2) is 4.62. The van der Waals surface area contributed by atoms with E-state index < -0.39 is 0 Å². The van der Waals surface area contributed by atoms with Gasteiger partial charge in [0.2, 0.25) is 0 Å². The third kappa shape index (κ3) is 3.78. The fourth-order valence-corrected chi connectivity index (χ4v) is 1.95. The van der Waals surface area contributed by atoms with E-state index in [-0.39, 0.29) is 0 Å². The average molecular weight is 180 g/mol. The minimum atomic E-state index is 0.523. The molecule has 0 saturated carbocycles. The Kier molecular flexibility index (Phi) is 3.74. The molecule has 1 heterocycles. The Morgan fingerprint density at radius 3 is 2.69 bits per heavy atom.